The minimum Gasteiger partial charge on any atom is -0.356 e. The first-order valence-electron chi connectivity index (χ1n) is 9.54. The van der Waals surface area contributed by atoms with Crippen LogP contribution in [-0.2, 0) is 17.8 Å². The predicted octanol–water partition coefficient (Wildman–Crippen LogP) is 2.44. The van der Waals surface area contributed by atoms with Gasteiger partial charge in [0.15, 0.2) is 5.96 Å². The van der Waals surface area contributed by atoms with E-state index < -0.39 is 0 Å². The number of carbonyl (C=O) groups excluding carboxylic acids is 1. The van der Waals surface area contributed by atoms with Crippen LogP contribution in [0.5, 0.6) is 0 Å². The fraction of sp³-hybridized carbons (Fsp3) is 0.364. The highest BCUT2D eigenvalue weighted by Gasteiger charge is 2.29. The average Bonchev–Trinajstić information content (AvgIpc) is 3.07. The number of carbonyl (C=O) groups is 1. The summed E-state index contributed by atoms with van der Waals surface area (Å²) in [6.45, 7) is 3.09. The van der Waals surface area contributed by atoms with Crippen molar-refractivity contribution in [3.63, 3.8) is 0 Å². The fourth-order valence-electron chi connectivity index (χ4n) is 3.36. The van der Waals surface area contributed by atoms with Crippen molar-refractivity contribution in [3.8, 4) is 0 Å². The molecule has 1 aliphatic heterocycles. The lowest BCUT2D eigenvalue weighted by Crippen LogP contribution is -2.40. The Hall–Kier alpha value is -2.82. The molecule has 3 rings (SSSR count). The summed E-state index contributed by atoms with van der Waals surface area (Å²) < 4.78 is 0. The lowest BCUT2D eigenvalue weighted by atomic mass is 10.1. The number of hydrogen-bond acceptors (Lipinski definition) is 2. The monoisotopic (exact) mass is 364 g/mol. The highest BCUT2D eigenvalue weighted by Crippen LogP contribution is 2.17. The molecule has 1 unspecified atom stereocenters. The van der Waals surface area contributed by atoms with Gasteiger partial charge in [0.05, 0.1) is 0 Å². The second kappa shape index (κ2) is 9.76. The third-order valence-electron chi connectivity index (χ3n) is 4.89. The SMILES string of the molecule is CN=C(NCc1ccccc1)NCC1CC(=O)N(CCc2ccccc2)C1. The van der Waals surface area contributed by atoms with E-state index in [0.29, 0.717) is 12.3 Å². The Kier molecular flexibility index (Phi) is 6.85. The maximum absolute atomic E-state index is 12.3. The van der Waals surface area contributed by atoms with Crippen molar-refractivity contribution in [3.05, 3.63) is 71.8 Å². The van der Waals surface area contributed by atoms with E-state index in [1.54, 1.807) is 7.05 Å². The highest BCUT2D eigenvalue weighted by molar-refractivity contribution is 5.80. The van der Waals surface area contributed by atoms with E-state index in [1.165, 1.54) is 11.1 Å². The number of nitrogens with zero attached hydrogens (tertiary/aromatic N) is 2. The van der Waals surface area contributed by atoms with Gasteiger partial charge in [-0.1, -0.05) is 60.7 Å². The van der Waals surface area contributed by atoms with Crippen molar-refractivity contribution in [1.29, 1.82) is 0 Å². The molecule has 1 heterocycles. The Morgan fingerprint density at radius 2 is 1.70 bits per heavy atom. The van der Waals surface area contributed by atoms with Crippen molar-refractivity contribution in [2.75, 3.05) is 26.7 Å². The second-order valence-electron chi connectivity index (χ2n) is 6.94. The van der Waals surface area contributed by atoms with Gasteiger partial charge in [-0.3, -0.25) is 9.79 Å². The molecule has 0 saturated carbocycles. The van der Waals surface area contributed by atoms with E-state index in [-0.39, 0.29) is 5.91 Å². The first-order chi connectivity index (χ1) is 13.2. The lowest BCUT2D eigenvalue weighted by Gasteiger charge is -2.18. The van der Waals surface area contributed by atoms with Crippen LogP contribution in [0.2, 0.25) is 0 Å². The molecule has 5 heteroatoms. The van der Waals surface area contributed by atoms with E-state index in [1.807, 2.05) is 41.3 Å². The number of likely N-dealkylation sites (tertiary alicyclic amines) is 1. The van der Waals surface area contributed by atoms with E-state index in [9.17, 15) is 4.79 Å². The van der Waals surface area contributed by atoms with E-state index >= 15 is 0 Å². The number of rotatable bonds is 7. The smallest absolute Gasteiger partial charge is 0.223 e. The second-order valence-corrected chi connectivity index (χ2v) is 6.94. The quantitative estimate of drug-likeness (QED) is 0.586. The molecule has 2 N–H and O–H groups in total. The number of amides is 1. The van der Waals surface area contributed by atoms with Gasteiger partial charge in [0.25, 0.3) is 0 Å². The summed E-state index contributed by atoms with van der Waals surface area (Å²) in [5.74, 6) is 1.35. The zero-order valence-electron chi connectivity index (χ0n) is 15.9. The Morgan fingerprint density at radius 3 is 2.37 bits per heavy atom. The van der Waals surface area contributed by atoms with Gasteiger partial charge in [0.1, 0.15) is 0 Å². The van der Waals surface area contributed by atoms with Crippen LogP contribution in [0.3, 0.4) is 0 Å². The molecule has 1 atom stereocenters. The summed E-state index contributed by atoms with van der Waals surface area (Å²) in [4.78, 5) is 18.5. The standard InChI is InChI=1S/C22H28N4O/c1-23-22(24-15-19-10-6-3-7-11-19)25-16-20-14-21(27)26(17-20)13-12-18-8-4-2-5-9-18/h2-11,20H,12-17H2,1H3,(H2,23,24,25). The summed E-state index contributed by atoms with van der Waals surface area (Å²) >= 11 is 0. The number of benzene rings is 2. The fourth-order valence-corrected chi connectivity index (χ4v) is 3.36. The van der Waals surface area contributed by atoms with E-state index in [0.717, 1.165) is 38.6 Å². The largest absolute Gasteiger partial charge is 0.356 e. The number of nitrogens with one attached hydrogen (secondary N) is 2. The Labute approximate surface area is 161 Å². The van der Waals surface area contributed by atoms with E-state index in [2.05, 4.69) is 39.9 Å². The van der Waals surface area contributed by atoms with Crippen LogP contribution in [0.25, 0.3) is 0 Å². The average molecular weight is 364 g/mol. The molecule has 0 spiro atoms. The summed E-state index contributed by atoms with van der Waals surface area (Å²) in [7, 11) is 1.77. The third-order valence-corrected chi connectivity index (χ3v) is 4.89. The van der Waals surface area contributed by atoms with Crippen molar-refractivity contribution < 1.29 is 4.79 Å². The van der Waals surface area contributed by atoms with Gasteiger partial charge in [0.2, 0.25) is 5.91 Å². The molecule has 5 nitrogen and oxygen atoms in total. The zero-order valence-corrected chi connectivity index (χ0v) is 15.9. The third kappa shape index (κ3) is 5.84. The molecule has 0 bridgehead atoms. The van der Waals surface area contributed by atoms with Crippen LogP contribution in [0.1, 0.15) is 17.5 Å². The molecule has 2 aromatic rings. The number of aliphatic imine (C=N–C) groups is 1. The van der Waals surface area contributed by atoms with Crippen LogP contribution < -0.4 is 10.6 Å². The molecule has 27 heavy (non-hydrogen) atoms. The highest BCUT2D eigenvalue weighted by atomic mass is 16.2. The van der Waals surface area contributed by atoms with Crippen LogP contribution in [-0.4, -0.2) is 43.4 Å². The first kappa shape index (κ1) is 19.0. The van der Waals surface area contributed by atoms with Crippen LogP contribution in [0.4, 0.5) is 0 Å². The van der Waals surface area contributed by atoms with Gasteiger partial charge in [-0.25, -0.2) is 0 Å². The van der Waals surface area contributed by atoms with Crippen molar-refractivity contribution in [2.45, 2.75) is 19.4 Å². The van der Waals surface area contributed by atoms with Crippen LogP contribution in [0, 0.1) is 5.92 Å². The van der Waals surface area contributed by atoms with Gasteiger partial charge >= 0.3 is 0 Å². The summed E-state index contributed by atoms with van der Waals surface area (Å²) in [5, 5.41) is 6.68. The van der Waals surface area contributed by atoms with Crippen molar-refractivity contribution in [2.24, 2.45) is 10.9 Å². The first-order valence-corrected chi connectivity index (χ1v) is 9.54. The molecule has 0 aromatic heterocycles. The molecular weight excluding hydrogens is 336 g/mol. The molecule has 1 fully saturated rings. The Morgan fingerprint density at radius 1 is 1.04 bits per heavy atom. The molecule has 2 aromatic carbocycles. The van der Waals surface area contributed by atoms with Gasteiger partial charge in [0, 0.05) is 45.6 Å². The van der Waals surface area contributed by atoms with Gasteiger partial charge in [-0.05, 0) is 17.5 Å². The van der Waals surface area contributed by atoms with Crippen LogP contribution in [0.15, 0.2) is 65.7 Å². The molecule has 0 radical (unpaired) electrons. The maximum Gasteiger partial charge on any atom is 0.223 e. The lowest BCUT2D eigenvalue weighted by molar-refractivity contribution is -0.127. The minimum atomic E-state index is 0.255. The molecule has 1 amide bonds. The number of guanidine groups is 1. The maximum atomic E-state index is 12.3. The summed E-state index contributed by atoms with van der Waals surface area (Å²) in [6.07, 6.45) is 1.52. The molecule has 1 saturated heterocycles. The zero-order chi connectivity index (χ0) is 18.9. The van der Waals surface area contributed by atoms with Crippen molar-refractivity contribution >= 4 is 11.9 Å². The molecule has 142 valence electrons. The Balaban J connectivity index is 1.40. The Bertz CT molecular complexity index is 745. The minimum absolute atomic E-state index is 0.255. The molecule has 1 aliphatic rings. The molecule has 0 aliphatic carbocycles. The number of hydrogen-bond donors (Lipinski definition) is 2. The van der Waals surface area contributed by atoms with Crippen LogP contribution >= 0.6 is 0 Å². The van der Waals surface area contributed by atoms with Gasteiger partial charge in [-0.15, -0.1) is 0 Å². The summed E-state index contributed by atoms with van der Waals surface area (Å²) in [6, 6.07) is 20.6. The van der Waals surface area contributed by atoms with E-state index in [4.69, 9.17) is 0 Å². The summed E-state index contributed by atoms with van der Waals surface area (Å²) in [5.41, 5.74) is 2.49. The predicted molar refractivity (Wildman–Crippen MR) is 109 cm³/mol. The molecular formula is C22H28N4O. The van der Waals surface area contributed by atoms with Gasteiger partial charge < -0.3 is 15.5 Å². The normalized spacial score (nSPS) is 17.2. The van der Waals surface area contributed by atoms with Crippen molar-refractivity contribution in [1.82, 2.24) is 15.5 Å². The van der Waals surface area contributed by atoms with Gasteiger partial charge in [-0.2, -0.15) is 0 Å². The topological polar surface area (TPSA) is 56.7 Å².